The van der Waals surface area contributed by atoms with Crippen molar-refractivity contribution in [2.24, 2.45) is 0 Å². The number of pyridine rings is 1. The molecule has 1 N–H and O–H groups in total. The Morgan fingerprint density at radius 3 is 2.45 bits per heavy atom. The van der Waals surface area contributed by atoms with Gasteiger partial charge in [0.25, 0.3) is 5.56 Å². The zero-order valence-electron chi connectivity index (χ0n) is 28.0. The van der Waals surface area contributed by atoms with E-state index in [4.69, 9.17) is 21.1 Å². The largest absolute Gasteiger partial charge is 0.491 e. The molecule has 10 nitrogen and oxygen atoms in total. The van der Waals surface area contributed by atoms with E-state index in [1.54, 1.807) is 38.1 Å². The molecule has 1 aliphatic rings. The molecule has 6 rings (SSSR count). The number of carboxylic acids is 1. The lowest BCUT2D eigenvalue weighted by molar-refractivity contribution is -0.138. The minimum atomic E-state index is -4.86. The predicted octanol–water partition coefficient (Wildman–Crippen LogP) is 7.78. The first-order valence-electron chi connectivity index (χ1n) is 16.3. The lowest BCUT2D eigenvalue weighted by Gasteiger charge is -2.26. The fourth-order valence-corrected chi connectivity index (χ4v) is 7.79. The number of hydrogen-bond acceptors (Lipinski definition) is 9. The number of aryl methyl sites for hydroxylation is 3. The summed E-state index contributed by atoms with van der Waals surface area (Å²) in [5.41, 5.74) is -0.330. The number of aromatic nitrogens is 3. The average molecular weight is 740 g/mol. The van der Waals surface area contributed by atoms with Crippen molar-refractivity contribution in [2.75, 3.05) is 32.8 Å². The van der Waals surface area contributed by atoms with Crippen molar-refractivity contribution in [3.05, 3.63) is 78.8 Å². The molecule has 0 atom stereocenters. The monoisotopic (exact) mass is 739 g/mol. The van der Waals surface area contributed by atoms with Gasteiger partial charge in [-0.15, -0.1) is 11.3 Å². The summed E-state index contributed by atoms with van der Waals surface area (Å²) in [6.45, 7) is 6.78. The Labute approximate surface area is 299 Å². The first-order valence-corrected chi connectivity index (χ1v) is 17.4. The van der Waals surface area contributed by atoms with Crippen molar-refractivity contribution in [2.45, 2.75) is 52.8 Å². The third-order valence-electron chi connectivity index (χ3n) is 8.87. The number of thiophene rings is 1. The minimum Gasteiger partial charge on any atom is -0.491 e. The molecular weight excluding hydrogens is 707 g/mol. The Morgan fingerprint density at radius 1 is 1.04 bits per heavy atom. The molecule has 0 saturated carbocycles. The molecule has 0 aliphatic carbocycles. The summed E-state index contributed by atoms with van der Waals surface area (Å²) in [6.07, 6.45) is -1.77. The van der Waals surface area contributed by atoms with Gasteiger partial charge in [0, 0.05) is 33.3 Å². The van der Waals surface area contributed by atoms with E-state index in [1.807, 2.05) is 6.07 Å². The highest BCUT2D eigenvalue weighted by Gasteiger charge is 2.38. The molecule has 0 unspecified atom stereocenters. The molecule has 5 aromatic rings. The van der Waals surface area contributed by atoms with Crippen LogP contribution in [0.15, 0.2) is 35.1 Å². The van der Waals surface area contributed by atoms with Gasteiger partial charge < -0.3 is 14.6 Å². The number of piperidine rings is 1. The second kappa shape index (κ2) is 14.5. The molecule has 0 spiro atoms. The number of ether oxygens (including phenoxy) is 2. The first kappa shape index (κ1) is 36.1. The van der Waals surface area contributed by atoms with Gasteiger partial charge in [-0.2, -0.15) is 18.4 Å². The number of benzene rings is 2. The third kappa shape index (κ3) is 7.24. The number of carboxylic acid groups (broad SMARTS) is 1. The Kier molecular flexibility index (Phi) is 10.3. The number of likely N-dealkylation sites (tertiary alicyclic amines) is 1. The summed E-state index contributed by atoms with van der Waals surface area (Å²) in [7, 11) is 0. The molecule has 266 valence electrons. The maximum atomic E-state index is 14.3. The van der Waals surface area contributed by atoms with Crippen molar-refractivity contribution >= 4 is 50.0 Å². The van der Waals surface area contributed by atoms with Gasteiger partial charge in [0.1, 0.15) is 47.7 Å². The van der Waals surface area contributed by atoms with Crippen molar-refractivity contribution < 1.29 is 32.5 Å². The Bertz CT molecular complexity index is 2280. The van der Waals surface area contributed by atoms with E-state index in [0.29, 0.717) is 49.2 Å². The zero-order valence-corrected chi connectivity index (χ0v) is 29.6. The number of halogens is 4. The Morgan fingerprint density at radius 2 is 1.76 bits per heavy atom. The molecule has 1 saturated heterocycles. The van der Waals surface area contributed by atoms with Gasteiger partial charge in [0.2, 0.25) is 0 Å². The molecular formula is C36H33ClF3N5O5S. The molecule has 0 radical (unpaired) electrons. The topological polar surface area (TPSA) is 131 Å². The van der Waals surface area contributed by atoms with E-state index in [0.717, 1.165) is 38.4 Å². The van der Waals surface area contributed by atoms with Crippen molar-refractivity contribution in [3.8, 4) is 28.7 Å². The molecule has 2 aromatic carbocycles. The molecule has 51 heavy (non-hydrogen) atoms. The Balaban J connectivity index is 1.33. The number of nitrogens with zero attached hydrogens (tertiary/aromatic N) is 5. The van der Waals surface area contributed by atoms with Crippen LogP contribution in [0, 0.1) is 32.1 Å². The number of carbonyl (C=O) groups is 1. The van der Waals surface area contributed by atoms with Crippen LogP contribution in [0.3, 0.4) is 0 Å². The summed E-state index contributed by atoms with van der Waals surface area (Å²) < 4.78 is 56.5. The van der Waals surface area contributed by atoms with Gasteiger partial charge >= 0.3 is 12.1 Å². The van der Waals surface area contributed by atoms with Crippen molar-refractivity contribution in [1.29, 1.82) is 5.26 Å². The highest BCUT2D eigenvalue weighted by Crippen LogP contribution is 2.43. The highest BCUT2D eigenvalue weighted by atomic mass is 35.5. The van der Waals surface area contributed by atoms with Crippen LogP contribution in [0.4, 0.5) is 13.2 Å². The zero-order chi connectivity index (χ0) is 36.6. The van der Waals surface area contributed by atoms with Crippen LogP contribution in [0.1, 0.15) is 57.1 Å². The van der Waals surface area contributed by atoms with Crippen LogP contribution in [0.25, 0.3) is 32.2 Å². The molecule has 1 aliphatic heterocycles. The number of rotatable bonds is 10. The van der Waals surface area contributed by atoms with Crippen molar-refractivity contribution in [3.63, 3.8) is 0 Å². The minimum absolute atomic E-state index is 0.0568. The first-order chi connectivity index (χ1) is 24.3. The molecule has 4 heterocycles. The molecule has 1 fully saturated rings. The van der Waals surface area contributed by atoms with Gasteiger partial charge in [-0.25, -0.2) is 9.78 Å². The van der Waals surface area contributed by atoms with E-state index in [9.17, 15) is 33.1 Å². The highest BCUT2D eigenvalue weighted by molar-refractivity contribution is 7.20. The normalized spacial score (nSPS) is 13.8. The second-order valence-corrected chi connectivity index (χ2v) is 14.0. The molecule has 3 aromatic heterocycles. The lowest BCUT2D eigenvalue weighted by atomic mass is 10.0. The fourth-order valence-electron chi connectivity index (χ4n) is 6.50. The van der Waals surface area contributed by atoms with E-state index in [1.165, 1.54) is 22.8 Å². The third-order valence-corrected chi connectivity index (χ3v) is 10.2. The maximum absolute atomic E-state index is 14.3. The van der Waals surface area contributed by atoms with Crippen molar-refractivity contribution in [1.82, 2.24) is 19.4 Å². The quantitative estimate of drug-likeness (QED) is 0.153. The Hall–Kier alpha value is -4.71. The summed E-state index contributed by atoms with van der Waals surface area (Å²) in [6, 6.07) is 9.36. The number of fused-ring (bicyclic) bond motifs is 2. The number of nitriles is 1. The molecule has 0 amide bonds. The van der Waals surface area contributed by atoms with Crippen LogP contribution >= 0.6 is 22.9 Å². The predicted molar refractivity (Wildman–Crippen MR) is 188 cm³/mol. The van der Waals surface area contributed by atoms with Crippen LogP contribution in [0.5, 0.6) is 11.5 Å². The second-order valence-electron chi connectivity index (χ2n) is 12.3. The standard InChI is InChI=1S/C36H33ClF3N5O5S/c1-19-15-24(33-31(42-19)29(35(47)48)20(2)51-33)23-16-22(37)7-8-28(23)49-14-12-45-21(3)43-27-17-26(36(38,39)40)32(25(18-41)30(27)34(45)46)50-13-11-44-9-5-4-6-10-44/h7-8,15-17H,4-6,9-14H2,1-3H3,(H,47,48). The van der Waals surface area contributed by atoms with Gasteiger partial charge in [0.15, 0.2) is 0 Å². The number of hydrogen-bond donors (Lipinski definition) is 1. The summed E-state index contributed by atoms with van der Waals surface area (Å²) >= 11 is 7.69. The SMILES string of the molecule is Cc1cc(-c2cc(Cl)ccc2OCCn2c(C)nc3cc(C(F)(F)F)c(OCCN4CCCCC4)c(C#N)c3c2=O)c2sc(C)c(C(=O)O)c2n1. The van der Waals surface area contributed by atoms with Crippen LogP contribution in [-0.4, -0.2) is 63.4 Å². The maximum Gasteiger partial charge on any atom is 0.420 e. The average Bonchev–Trinajstić information content (AvgIpc) is 3.41. The lowest BCUT2D eigenvalue weighted by Crippen LogP contribution is -2.33. The van der Waals surface area contributed by atoms with Gasteiger partial charge in [-0.05, 0) is 77.0 Å². The van der Waals surface area contributed by atoms with Gasteiger partial charge in [-0.3, -0.25) is 19.2 Å². The molecule has 15 heteroatoms. The number of aromatic carboxylic acids is 1. The smallest absolute Gasteiger partial charge is 0.420 e. The van der Waals surface area contributed by atoms with E-state index >= 15 is 0 Å². The summed E-state index contributed by atoms with van der Waals surface area (Å²) in [5, 5.41) is 20.1. The summed E-state index contributed by atoms with van der Waals surface area (Å²) in [5.74, 6) is -1.24. The van der Waals surface area contributed by atoms with E-state index < -0.39 is 34.6 Å². The summed E-state index contributed by atoms with van der Waals surface area (Å²) in [4.78, 5) is 37.4. The van der Waals surface area contributed by atoms with Gasteiger partial charge in [0.05, 0.1) is 33.2 Å². The van der Waals surface area contributed by atoms with E-state index in [-0.39, 0.29) is 42.0 Å². The van der Waals surface area contributed by atoms with Crippen LogP contribution in [0.2, 0.25) is 5.02 Å². The van der Waals surface area contributed by atoms with Gasteiger partial charge in [-0.1, -0.05) is 18.0 Å². The van der Waals surface area contributed by atoms with Crippen LogP contribution in [-0.2, 0) is 12.7 Å². The fraction of sp³-hybridized carbons (Fsp3) is 0.361. The van der Waals surface area contributed by atoms with Crippen LogP contribution < -0.4 is 15.0 Å². The number of alkyl halides is 3. The van der Waals surface area contributed by atoms with E-state index in [2.05, 4.69) is 14.9 Å². The molecule has 0 bridgehead atoms.